The number of carbonyl (C=O) groups excluding carboxylic acids is 1. The second-order valence-corrected chi connectivity index (χ2v) is 8.57. The van der Waals surface area contributed by atoms with Crippen molar-refractivity contribution in [1.29, 1.82) is 0 Å². The van der Waals surface area contributed by atoms with Crippen LogP contribution in [0.5, 0.6) is 5.75 Å². The van der Waals surface area contributed by atoms with Crippen LogP contribution >= 0.6 is 35.0 Å². The lowest BCUT2D eigenvalue weighted by Crippen LogP contribution is -2.34. The molecule has 2 heterocycles. The predicted molar refractivity (Wildman–Crippen MR) is 125 cm³/mol. The average molecular weight is 475 g/mol. The van der Waals surface area contributed by atoms with Crippen LogP contribution in [0.3, 0.4) is 0 Å². The summed E-state index contributed by atoms with van der Waals surface area (Å²) in [7, 11) is 0. The van der Waals surface area contributed by atoms with Gasteiger partial charge in [-0.1, -0.05) is 53.2 Å². The zero-order valence-electron chi connectivity index (χ0n) is 17.0. The maximum Gasteiger partial charge on any atom is 0.338 e. The third kappa shape index (κ3) is 4.47. The van der Waals surface area contributed by atoms with Crippen molar-refractivity contribution in [2.45, 2.75) is 26.5 Å². The molecule has 0 saturated heterocycles. The van der Waals surface area contributed by atoms with Gasteiger partial charge in [-0.3, -0.25) is 0 Å². The summed E-state index contributed by atoms with van der Waals surface area (Å²) in [5.74, 6) is 0.320. The molecule has 0 saturated carbocycles. The van der Waals surface area contributed by atoms with E-state index in [1.54, 1.807) is 25.1 Å². The normalized spacial score (nSPS) is 17.5. The second-order valence-electron chi connectivity index (χ2n) is 6.88. The molecule has 1 atom stereocenters. The van der Waals surface area contributed by atoms with Crippen LogP contribution in [-0.2, 0) is 16.1 Å². The van der Waals surface area contributed by atoms with Crippen LogP contribution in [-0.4, -0.2) is 22.6 Å². The van der Waals surface area contributed by atoms with Crippen molar-refractivity contribution in [2.75, 3.05) is 6.61 Å². The zero-order valence-corrected chi connectivity index (χ0v) is 19.3. The van der Waals surface area contributed by atoms with Crippen molar-refractivity contribution in [3.8, 4) is 5.75 Å². The first-order valence-electron chi connectivity index (χ1n) is 9.73. The lowest BCUT2D eigenvalue weighted by Gasteiger charge is -2.33. The number of ether oxygens (including phenoxy) is 2. The molecule has 1 unspecified atom stereocenters. The Labute approximate surface area is 195 Å². The molecule has 0 amide bonds. The second kappa shape index (κ2) is 9.39. The van der Waals surface area contributed by atoms with Crippen molar-refractivity contribution in [2.24, 2.45) is 4.99 Å². The van der Waals surface area contributed by atoms with E-state index in [0.29, 0.717) is 33.7 Å². The summed E-state index contributed by atoms with van der Waals surface area (Å²) in [6.07, 6.45) is 1.93. The molecule has 0 spiro atoms. The summed E-state index contributed by atoms with van der Waals surface area (Å²) in [5.41, 5.74) is 2.88. The van der Waals surface area contributed by atoms with Crippen LogP contribution in [0, 0.1) is 0 Å². The van der Waals surface area contributed by atoms with E-state index in [-0.39, 0.29) is 18.6 Å². The van der Waals surface area contributed by atoms with Crippen molar-refractivity contribution in [3.05, 3.63) is 86.5 Å². The Hall–Kier alpha value is -2.41. The van der Waals surface area contributed by atoms with Crippen molar-refractivity contribution in [3.63, 3.8) is 0 Å². The Bertz CT molecular complexity index is 1080. The topological polar surface area (TPSA) is 51.1 Å². The predicted octanol–water partition coefficient (Wildman–Crippen LogP) is 6.34. The van der Waals surface area contributed by atoms with E-state index in [1.807, 2.05) is 47.7 Å². The first kappa shape index (κ1) is 21.8. The number of hydrogen-bond donors (Lipinski definition) is 0. The van der Waals surface area contributed by atoms with Crippen LogP contribution < -0.4 is 4.74 Å². The number of fused-ring (bicyclic) bond motifs is 1. The minimum Gasteiger partial charge on any atom is -0.489 e. The van der Waals surface area contributed by atoms with Gasteiger partial charge in [0, 0.05) is 21.8 Å². The summed E-state index contributed by atoms with van der Waals surface area (Å²) in [4.78, 5) is 19.3. The smallest absolute Gasteiger partial charge is 0.338 e. The summed E-state index contributed by atoms with van der Waals surface area (Å²) < 4.78 is 11.2. The quantitative estimate of drug-likeness (QED) is 0.457. The fraction of sp³-hybridized carbons (Fsp3) is 0.217. The number of aliphatic imine (C=N–C) groups is 1. The SMILES string of the molecule is CCOC(=O)C1=C(C)N=C2SC=CN2C1c1ccc(OCc2c(Cl)cccc2Cl)cc1. The molecular weight excluding hydrogens is 455 g/mol. The fourth-order valence-corrected chi connectivity index (χ4v) is 4.77. The Morgan fingerprint density at radius 3 is 2.55 bits per heavy atom. The van der Waals surface area contributed by atoms with Gasteiger partial charge >= 0.3 is 5.97 Å². The molecule has 160 valence electrons. The molecule has 2 aromatic carbocycles. The van der Waals surface area contributed by atoms with E-state index >= 15 is 0 Å². The highest BCUT2D eigenvalue weighted by Crippen LogP contribution is 2.41. The molecule has 5 nitrogen and oxygen atoms in total. The lowest BCUT2D eigenvalue weighted by atomic mass is 9.95. The highest BCUT2D eigenvalue weighted by molar-refractivity contribution is 8.16. The fourth-order valence-electron chi connectivity index (χ4n) is 3.47. The summed E-state index contributed by atoms with van der Waals surface area (Å²) >= 11 is 14.0. The highest BCUT2D eigenvalue weighted by atomic mass is 35.5. The van der Waals surface area contributed by atoms with Gasteiger partial charge in [0.05, 0.1) is 23.9 Å². The molecular formula is C23H20Cl2N2O3S. The monoisotopic (exact) mass is 474 g/mol. The lowest BCUT2D eigenvalue weighted by molar-refractivity contribution is -0.139. The largest absolute Gasteiger partial charge is 0.489 e. The van der Waals surface area contributed by atoms with E-state index in [9.17, 15) is 4.79 Å². The molecule has 0 N–H and O–H groups in total. The maximum absolute atomic E-state index is 12.7. The number of esters is 1. The third-order valence-corrected chi connectivity index (χ3v) is 6.44. The molecule has 0 radical (unpaired) electrons. The van der Waals surface area contributed by atoms with Gasteiger partial charge < -0.3 is 14.4 Å². The Kier molecular flexibility index (Phi) is 6.60. The molecule has 2 aliphatic heterocycles. The zero-order chi connectivity index (χ0) is 22.0. The number of thioether (sulfide) groups is 1. The highest BCUT2D eigenvalue weighted by Gasteiger charge is 2.37. The van der Waals surface area contributed by atoms with Crippen molar-refractivity contribution < 1.29 is 14.3 Å². The maximum atomic E-state index is 12.7. The van der Waals surface area contributed by atoms with E-state index in [4.69, 9.17) is 32.7 Å². The minimum atomic E-state index is -0.355. The number of benzene rings is 2. The van der Waals surface area contributed by atoms with Gasteiger partial charge in [-0.15, -0.1) is 0 Å². The summed E-state index contributed by atoms with van der Waals surface area (Å²) in [5, 5.41) is 3.93. The number of halogens is 2. The average Bonchev–Trinajstić information content (AvgIpc) is 3.21. The van der Waals surface area contributed by atoms with Crippen molar-refractivity contribution >= 4 is 46.1 Å². The first-order chi connectivity index (χ1) is 15.0. The van der Waals surface area contributed by atoms with Gasteiger partial charge in [-0.05, 0) is 49.1 Å². The molecule has 2 aromatic rings. The van der Waals surface area contributed by atoms with E-state index in [1.165, 1.54) is 11.8 Å². The molecule has 0 aliphatic carbocycles. The van der Waals surface area contributed by atoms with Gasteiger partial charge in [0.15, 0.2) is 5.17 Å². The third-order valence-electron chi connectivity index (χ3n) is 4.96. The van der Waals surface area contributed by atoms with Gasteiger partial charge in [0.1, 0.15) is 12.4 Å². The number of rotatable bonds is 6. The first-order valence-corrected chi connectivity index (χ1v) is 11.4. The van der Waals surface area contributed by atoms with Crippen LogP contribution in [0.15, 0.2) is 70.3 Å². The number of allylic oxidation sites excluding steroid dienone is 1. The van der Waals surface area contributed by atoms with Gasteiger partial charge in [-0.25, -0.2) is 9.79 Å². The molecule has 0 fully saturated rings. The van der Waals surface area contributed by atoms with Gasteiger partial charge in [0.25, 0.3) is 0 Å². The van der Waals surface area contributed by atoms with E-state index in [0.717, 1.165) is 16.3 Å². The molecule has 2 aliphatic rings. The van der Waals surface area contributed by atoms with Gasteiger partial charge in [0.2, 0.25) is 0 Å². The molecule has 0 bridgehead atoms. The van der Waals surface area contributed by atoms with Crippen molar-refractivity contribution in [1.82, 2.24) is 4.90 Å². The molecule has 8 heteroatoms. The van der Waals surface area contributed by atoms with Gasteiger partial charge in [-0.2, -0.15) is 0 Å². The molecule has 4 rings (SSSR count). The number of hydrogen-bond acceptors (Lipinski definition) is 6. The summed E-state index contributed by atoms with van der Waals surface area (Å²) in [6, 6.07) is 12.7. The number of nitrogens with zero attached hydrogens (tertiary/aromatic N) is 2. The van der Waals surface area contributed by atoms with Crippen LogP contribution in [0.25, 0.3) is 0 Å². The van der Waals surface area contributed by atoms with Crippen LogP contribution in [0.2, 0.25) is 10.0 Å². The van der Waals surface area contributed by atoms with Crippen LogP contribution in [0.4, 0.5) is 0 Å². The standard InChI is InChI=1S/C23H20Cl2N2O3S/c1-3-29-22(28)20-14(2)26-23-27(11-12-31-23)21(20)15-7-9-16(10-8-15)30-13-17-18(24)5-4-6-19(17)25/h4-12,21H,3,13H2,1-2H3. The van der Waals surface area contributed by atoms with Crippen LogP contribution in [0.1, 0.15) is 31.0 Å². The molecule has 31 heavy (non-hydrogen) atoms. The Morgan fingerprint density at radius 2 is 1.87 bits per heavy atom. The minimum absolute atomic E-state index is 0.261. The molecule has 0 aromatic heterocycles. The Balaban J connectivity index is 1.58. The Morgan fingerprint density at radius 1 is 1.16 bits per heavy atom. The van der Waals surface area contributed by atoms with E-state index in [2.05, 4.69) is 4.99 Å². The van der Waals surface area contributed by atoms with E-state index < -0.39 is 0 Å². The number of carbonyl (C=O) groups is 1. The summed E-state index contributed by atoms with van der Waals surface area (Å²) in [6.45, 7) is 4.20. The number of amidine groups is 1.